The average molecular weight is 322 g/mol. The molecule has 2 aromatic rings. The van der Waals surface area contributed by atoms with Crippen LogP contribution in [-0.4, -0.2) is 21.8 Å². The molecule has 0 saturated heterocycles. The number of halogens is 1. The molecule has 1 aromatic heterocycles. The zero-order chi connectivity index (χ0) is 11.6. The molecule has 2 rings (SSSR count). The van der Waals surface area contributed by atoms with Crippen molar-refractivity contribution in [1.82, 2.24) is 13.5 Å². The molecule has 0 fully saturated rings. The van der Waals surface area contributed by atoms with Gasteiger partial charge in [0, 0.05) is 6.54 Å². The van der Waals surface area contributed by atoms with Gasteiger partial charge in [-0.15, -0.1) is 0 Å². The van der Waals surface area contributed by atoms with Crippen LogP contribution in [0.1, 0.15) is 5.56 Å². The van der Waals surface area contributed by atoms with Crippen LogP contribution in [0.15, 0.2) is 18.2 Å². The Morgan fingerprint density at radius 1 is 1.38 bits per heavy atom. The number of hydrogen-bond acceptors (Lipinski definition) is 5. The number of rotatable bonds is 4. The number of aromatic nitrogens is 2. The van der Waals surface area contributed by atoms with E-state index < -0.39 is 10.0 Å². The van der Waals surface area contributed by atoms with Crippen molar-refractivity contribution in [1.29, 1.82) is 0 Å². The van der Waals surface area contributed by atoms with Gasteiger partial charge in [-0.25, -0.2) is 13.1 Å². The molecule has 86 valence electrons. The Morgan fingerprint density at radius 2 is 2.19 bits per heavy atom. The topological polar surface area (TPSA) is 72.0 Å². The first-order chi connectivity index (χ1) is 7.62. The van der Waals surface area contributed by atoms with Gasteiger partial charge < -0.3 is 0 Å². The van der Waals surface area contributed by atoms with Crippen LogP contribution in [-0.2, 0) is 16.6 Å². The highest BCUT2D eigenvalue weighted by Gasteiger charge is 2.10. The summed E-state index contributed by atoms with van der Waals surface area (Å²) in [7, 11) is -3.25. The van der Waals surface area contributed by atoms with Crippen LogP contribution in [0.3, 0.4) is 0 Å². The maximum absolute atomic E-state index is 11.3. The smallest absolute Gasteiger partial charge is 0.212 e. The first-order valence-corrected chi connectivity index (χ1v) is 7.86. The lowest BCUT2D eigenvalue weighted by atomic mass is 10.2. The first kappa shape index (κ1) is 11.9. The predicted octanol–water partition coefficient (Wildman–Crippen LogP) is 1.46. The van der Waals surface area contributed by atoms with E-state index in [1.165, 1.54) is 0 Å². The highest BCUT2D eigenvalue weighted by atomic mass is 79.9. The molecule has 5 nitrogen and oxygen atoms in total. The summed E-state index contributed by atoms with van der Waals surface area (Å²) in [6, 6.07) is 5.52. The van der Waals surface area contributed by atoms with Gasteiger partial charge in [0.25, 0.3) is 0 Å². The largest absolute Gasteiger partial charge is 0.221 e. The van der Waals surface area contributed by atoms with Crippen LogP contribution >= 0.6 is 27.7 Å². The normalized spacial score (nSPS) is 12.1. The second kappa shape index (κ2) is 4.74. The molecule has 0 unspecified atom stereocenters. The van der Waals surface area contributed by atoms with Gasteiger partial charge in [-0.1, -0.05) is 28.1 Å². The fourth-order valence-electron chi connectivity index (χ4n) is 1.23. The van der Waals surface area contributed by atoms with E-state index in [1.807, 2.05) is 18.2 Å². The minimum Gasteiger partial charge on any atom is -0.212 e. The molecule has 0 amide bonds. The molecule has 0 radical (unpaired) electrons. The van der Waals surface area contributed by atoms with Crippen molar-refractivity contribution in [3.63, 3.8) is 0 Å². The molecule has 1 heterocycles. The monoisotopic (exact) mass is 321 g/mol. The molecule has 16 heavy (non-hydrogen) atoms. The van der Waals surface area contributed by atoms with Crippen molar-refractivity contribution in [3.8, 4) is 0 Å². The number of alkyl halides is 1. The number of hydrogen-bond donors (Lipinski definition) is 1. The molecule has 0 saturated carbocycles. The lowest BCUT2D eigenvalue weighted by Crippen LogP contribution is -2.23. The van der Waals surface area contributed by atoms with Crippen LogP contribution in [0.4, 0.5) is 0 Å². The van der Waals surface area contributed by atoms with Gasteiger partial charge in [-0.3, -0.25) is 0 Å². The van der Waals surface area contributed by atoms with Crippen molar-refractivity contribution in [2.45, 2.75) is 6.54 Å². The predicted molar refractivity (Wildman–Crippen MR) is 67.0 cm³/mol. The van der Waals surface area contributed by atoms with Crippen LogP contribution in [0, 0.1) is 0 Å². The Labute approximate surface area is 105 Å². The van der Waals surface area contributed by atoms with E-state index in [2.05, 4.69) is 29.4 Å². The lowest BCUT2D eigenvalue weighted by molar-refractivity contribution is 0.587. The van der Waals surface area contributed by atoms with Gasteiger partial charge in [0.05, 0.1) is 11.7 Å². The van der Waals surface area contributed by atoms with Crippen molar-refractivity contribution in [2.75, 3.05) is 4.66 Å². The Balaban J connectivity index is 2.25. The van der Waals surface area contributed by atoms with Gasteiger partial charge in [-0.05, 0) is 11.6 Å². The number of benzene rings is 1. The fourth-order valence-corrected chi connectivity index (χ4v) is 2.74. The van der Waals surface area contributed by atoms with Crippen molar-refractivity contribution < 1.29 is 8.42 Å². The summed E-state index contributed by atoms with van der Waals surface area (Å²) < 4.78 is 33.1. The third-order valence-corrected chi connectivity index (χ3v) is 5.22. The minimum atomic E-state index is -3.25. The lowest BCUT2D eigenvalue weighted by Gasteiger charge is -2.03. The van der Waals surface area contributed by atoms with Crippen molar-refractivity contribution >= 4 is 48.7 Å². The highest BCUT2D eigenvalue weighted by Crippen LogP contribution is 2.16. The second-order valence-corrected chi connectivity index (χ2v) is 6.73. The van der Waals surface area contributed by atoms with E-state index in [0.717, 1.165) is 28.3 Å². The Kier molecular flexibility index (Phi) is 3.53. The molecule has 0 aliphatic rings. The number of sulfonamides is 1. The summed E-state index contributed by atoms with van der Waals surface area (Å²) in [4.78, 5) is 0. The molecule has 0 aliphatic carbocycles. The Morgan fingerprint density at radius 3 is 2.94 bits per heavy atom. The Hall–Kier alpha value is -0.570. The zero-order valence-electron chi connectivity index (χ0n) is 8.05. The van der Waals surface area contributed by atoms with Gasteiger partial charge in [0.2, 0.25) is 10.0 Å². The first-order valence-electron chi connectivity index (χ1n) is 4.36. The minimum absolute atomic E-state index is 0.106. The van der Waals surface area contributed by atoms with E-state index in [1.54, 1.807) is 0 Å². The molecular formula is C8H8BrN3O2S2. The van der Waals surface area contributed by atoms with Gasteiger partial charge in [0.1, 0.15) is 15.7 Å². The maximum atomic E-state index is 11.3. The summed E-state index contributed by atoms with van der Waals surface area (Å²) in [6.07, 6.45) is 0. The molecule has 0 aliphatic heterocycles. The molecule has 0 atom stereocenters. The van der Waals surface area contributed by atoms with E-state index in [-0.39, 0.29) is 11.2 Å². The molecular weight excluding hydrogens is 314 g/mol. The highest BCUT2D eigenvalue weighted by molar-refractivity contribution is 9.10. The summed E-state index contributed by atoms with van der Waals surface area (Å²) >= 11 is 4.03. The zero-order valence-corrected chi connectivity index (χ0v) is 11.3. The molecule has 1 aromatic carbocycles. The van der Waals surface area contributed by atoms with Gasteiger partial charge in [0.15, 0.2) is 0 Å². The number of nitrogens with zero attached hydrogens (tertiary/aromatic N) is 2. The second-order valence-electron chi connectivity index (χ2n) is 3.09. The average Bonchev–Trinajstić information content (AvgIpc) is 2.75. The van der Waals surface area contributed by atoms with Crippen molar-refractivity contribution in [3.05, 3.63) is 23.8 Å². The SMILES string of the molecule is O=S(=O)(CBr)NCc1cccc2nsnc12. The third kappa shape index (κ3) is 2.57. The molecule has 8 heteroatoms. The van der Waals surface area contributed by atoms with Crippen LogP contribution in [0.5, 0.6) is 0 Å². The van der Waals surface area contributed by atoms with E-state index in [9.17, 15) is 8.42 Å². The quantitative estimate of drug-likeness (QED) is 0.865. The van der Waals surface area contributed by atoms with Crippen molar-refractivity contribution in [2.24, 2.45) is 0 Å². The molecule has 1 N–H and O–H groups in total. The van der Waals surface area contributed by atoms with E-state index >= 15 is 0 Å². The van der Waals surface area contributed by atoms with Crippen LogP contribution < -0.4 is 4.72 Å². The Bertz CT molecular complexity index is 596. The number of nitrogens with one attached hydrogen (secondary N) is 1. The van der Waals surface area contributed by atoms with Crippen LogP contribution in [0.25, 0.3) is 11.0 Å². The van der Waals surface area contributed by atoms with E-state index in [0.29, 0.717) is 0 Å². The maximum Gasteiger partial charge on any atom is 0.221 e. The summed E-state index contributed by atoms with van der Waals surface area (Å²) in [6.45, 7) is 0.233. The summed E-state index contributed by atoms with van der Waals surface area (Å²) in [5.74, 6) is 0. The van der Waals surface area contributed by atoms with Crippen LogP contribution in [0.2, 0.25) is 0 Å². The summed E-state index contributed by atoms with van der Waals surface area (Å²) in [5.41, 5.74) is 2.38. The number of fused-ring (bicyclic) bond motifs is 1. The molecule has 0 spiro atoms. The summed E-state index contributed by atoms with van der Waals surface area (Å²) in [5, 5.41) is 0. The standard InChI is InChI=1S/C8H8BrN3O2S2/c9-5-16(13,14)10-4-6-2-1-3-7-8(6)12-15-11-7/h1-3,10H,4-5H2. The van der Waals surface area contributed by atoms with Gasteiger partial charge >= 0.3 is 0 Å². The molecule has 0 bridgehead atoms. The van der Waals surface area contributed by atoms with Gasteiger partial charge in [-0.2, -0.15) is 8.75 Å². The fraction of sp³-hybridized carbons (Fsp3) is 0.250. The third-order valence-electron chi connectivity index (χ3n) is 2.00. The van der Waals surface area contributed by atoms with E-state index in [4.69, 9.17) is 0 Å².